The maximum atomic E-state index is 13.7. The SMILES string of the molecule is COC(=O)c1ccc(CN2C(=O)CN[C@](c3ccccc3)([C@H](Oc3nc(C)cc(C)n3)C(=O)O)c3ccccc32)cc1. The number of hydrogen-bond acceptors (Lipinski definition) is 8. The molecule has 1 aliphatic rings. The monoisotopic (exact) mass is 566 g/mol. The molecule has 10 nitrogen and oxygen atoms in total. The van der Waals surface area contributed by atoms with E-state index in [0.717, 1.165) is 5.56 Å². The fourth-order valence-corrected chi connectivity index (χ4v) is 5.32. The van der Waals surface area contributed by atoms with Crippen molar-refractivity contribution in [3.8, 4) is 6.01 Å². The van der Waals surface area contributed by atoms with Crippen molar-refractivity contribution in [1.29, 1.82) is 0 Å². The Kier molecular flexibility index (Phi) is 7.99. The molecular formula is C32H30N4O6. The summed E-state index contributed by atoms with van der Waals surface area (Å²) >= 11 is 0. The molecule has 1 aliphatic heterocycles. The van der Waals surface area contributed by atoms with Crippen LogP contribution in [0.15, 0.2) is 84.9 Å². The van der Waals surface area contributed by atoms with Crippen molar-refractivity contribution in [2.75, 3.05) is 18.6 Å². The highest BCUT2D eigenvalue weighted by molar-refractivity contribution is 5.97. The summed E-state index contributed by atoms with van der Waals surface area (Å²) in [5.41, 5.74) is 2.55. The van der Waals surface area contributed by atoms with E-state index in [-0.39, 0.29) is 25.0 Å². The van der Waals surface area contributed by atoms with Gasteiger partial charge in [0.2, 0.25) is 12.0 Å². The summed E-state index contributed by atoms with van der Waals surface area (Å²) in [6, 6.07) is 24.7. The molecule has 1 aromatic heterocycles. The minimum absolute atomic E-state index is 0.0763. The zero-order chi connectivity index (χ0) is 29.9. The maximum Gasteiger partial charge on any atom is 0.347 e. The molecule has 0 fully saturated rings. The number of carboxylic acid groups (broad SMARTS) is 1. The van der Waals surface area contributed by atoms with Crippen LogP contribution in [0.5, 0.6) is 6.01 Å². The van der Waals surface area contributed by atoms with Gasteiger partial charge in [0.15, 0.2) is 0 Å². The molecule has 2 atom stereocenters. The molecule has 3 aromatic carbocycles. The number of fused-ring (bicyclic) bond motifs is 1. The molecule has 0 saturated carbocycles. The van der Waals surface area contributed by atoms with Gasteiger partial charge in [-0.3, -0.25) is 10.1 Å². The average molecular weight is 567 g/mol. The molecule has 2 N–H and O–H groups in total. The Morgan fingerprint density at radius 3 is 2.26 bits per heavy atom. The lowest BCUT2D eigenvalue weighted by molar-refractivity contribution is -0.149. The second-order valence-electron chi connectivity index (χ2n) is 9.98. The van der Waals surface area contributed by atoms with E-state index >= 15 is 0 Å². The van der Waals surface area contributed by atoms with E-state index in [1.807, 2.05) is 6.07 Å². The number of nitrogens with zero attached hydrogens (tertiary/aromatic N) is 3. The zero-order valence-electron chi connectivity index (χ0n) is 23.4. The van der Waals surface area contributed by atoms with Gasteiger partial charge in [0.05, 0.1) is 25.8 Å². The summed E-state index contributed by atoms with van der Waals surface area (Å²) in [5.74, 6) is -1.99. The second kappa shape index (κ2) is 11.8. The first-order valence-electron chi connectivity index (χ1n) is 13.3. The van der Waals surface area contributed by atoms with Gasteiger partial charge in [-0.05, 0) is 49.2 Å². The number of amides is 1. The number of benzene rings is 3. The number of aryl methyl sites for hydroxylation is 2. The van der Waals surface area contributed by atoms with Crippen LogP contribution >= 0.6 is 0 Å². The topological polar surface area (TPSA) is 131 Å². The number of hydrogen-bond donors (Lipinski definition) is 2. The number of carbonyl (C=O) groups excluding carboxylic acids is 2. The molecule has 42 heavy (non-hydrogen) atoms. The quantitative estimate of drug-likeness (QED) is 0.306. The first-order chi connectivity index (χ1) is 20.2. The normalized spacial score (nSPS) is 17.1. The van der Waals surface area contributed by atoms with Gasteiger partial charge < -0.3 is 19.5 Å². The molecule has 10 heteroatoms. The van der Waals surface area contributed by atoms with E-state index in [4.69, 9.17) is 9.47 Å². The Morgan fingerprint density at radius 1 is 0.976 bits per heavy atom. The zero-order valence-corrected chi connectivity index (χ0v) is 23.4. The largest absolute Gasteiger partial charge is 0.478 e. The van der Waals surface area contributed by atoms with Crippen LogP contribution in [-0.4, -0.2) is 52.7 Å². The lowest BCUT2D eigenvalue weighted by Gasteiger charge is -2.39. The molecule has 1 amide bonds. The van der Waals surface area contributed by atoms with Gasteiger partial charge in [-0.1, -0.05) is 60.7 Å². The van der Waals surface area contributed by atoms with Gasteiger partial charge in [-0.2, -0.15) is 0 Å². The first-order valence-corrected chi connectivity index (χ1v) is 13.3. The van der Waals surface area contributed by atoms with Crippen LogP contribution in [-0.2, 0) is 26.4 Å². The van der Waals surface area contributed by atoms with Gasteiger partial charge >= 0.3 is 17.9 Å². The minimum Gasteiger partial charge on any atom is -0.478 e. The number of esters is 1. The summed E-state index contributed by atoms with van der Waals surface area (Å²) in [4.78, 5) is 49.0. The van der Waals surface area contributed by atoms with Crippen molar-refractivity contribution in [3.63, 3.8) is 0 Å². The molecule has 5 rings (SSSR count). The molecule has 0 spiro atoms. The molecule has 2 heterocycles. The molecular weight excluding hydrogens is 536 g/mol. The number of rotatable bonds is 8. The van der Waals surface area contributed by atoms with Crippen LogP contribution in [0, 0.1) is 13.8 Å². The highest BCUT2D eigenvalue weighted by Crippen LogP contribution is 2.42. The van der Waals surface area contributed by atoms with Crippen molar-refractivity contribution in [2.45, 2.75) is 32.0 Å². The number of anilines is 1. The standard InChI is InChI=1S/C32H30N4O6/c1-20-17-21(2)35-31(34-20)42-28(29(38)39)32(24-9-5-4-6-10-24)25-11-7-8-12-26(25)36(27(37)18-33-32)19-22-13-15-23(16-14-22)30(40)41-3/h4-17,28,33H,18-19H2,1-3H3,(H,38,39)/t28-,32+/m1/s1. The predicted octanol–water partition coefficient (Wildman–Crippen LogP) is 3.79. The number of carbonyl (C=O) groups is 3. The number of aromatic nitrogens is 2. The van der Waals surface area contributed by atoms with E-state index in [1.54, 1.807) is 97.6 Å². The van der Waals surface area contributed by atoms with Gasteiger partial charge in [0, 0.05) is 22.6 Å². The molecule has 0 unspecified atom stereocenters. The third-order valence-electron chi connectivity index (χ3n) is 7.19. The van der Waals surface area contributed by atoms with Crippen molar-refractivity contribution < 1.29 is 29.0 Å². The number of para-hydroxylation sites is 1. The third-order valence-corrected chi connectivity index (χ3v) is 7.19. The van der Waals surface area contributed by atoms with Gasteiger partial charge in [-0.15, -0.1) is 0 Å². The van der Waals surface area contributed by atoms with E-state index in [9.17, 15) is 19.5 Å². The van der Waals surface area contributed by atoms with E-state index in [1.165, 1.54) is 7.11 Å². The Balaban J connectivity index is 1.66. The molecule has 0 bridgehead atoms. The highest BCUT2D eigenvalue weighted by atomic mass is 16.5. The number of methoxy groups -OCH3 is 1. The van der Waals surface area contributed by atoms with Crippen LogP contribution in [0.4, 0.5) is 5.69 Å². The van der Waals surface area contributed by atoms with Crippen molar-refractivity contribution >= 4 is 23.5 Å². The minimum atomic E-state index is -1.56. The van der Waals surface area contributed by atoms with Crippen LogP contribution < -0.4 is 15.0 Å². The van der Waals surface area contributed by atoms with Crippen molar-refractivity contribution in [1.82, 2.24) is 15.3 Å². The molecule has 0 radical (unpaired) electrons. The molecule has 4 aromatic rings. The molecule has 0 aliphatic carbocycles. The van der Waals surface area contributed by atoms with Gasteiger partial charge in [0.1, 0.15) is 5.54 Å². The number of ether oxygens (including phenoxy) is 2. The van der Waals surface area contributed by atoms with E-state index in [2.05, 4.69) is 15.3 Å². The maximum absolute atomic E-state index is 13.7. The number of nitrogens with one attached hydrogen (secondary N) is 1. The first kappa shape index (κ1) is 28.4. The molecule has 0 saturated heterocycles. The number of aliphatic carboxylic acids is 1. The lowest BCUT2D eigenvalue weighted by Crippen LogP contribution is -2.58. The Morgan fingerprint density at radius 2 is 1.62 bits per heavy atom. The Bertz CT molecular complexity index is 1610. The van der Waals surface area contributed by atoms with E-state index in [0.29, 0.717) is 33.8 Å². The Labute approximate surface area is 243 Å². The van der Waals surface area contributed by atoms with Gasteiger partial charge in [0.25, 0.3) is 0 Å². The fourth-order valence-electron chi connectivity index (χ4n) is 5.32. The second-order valence-corrected chi connectivity index (χ2v) is 9.98. The van der Waals surface area contributed by atoms with Gasteiger partial charge in [-0.25, -0.2) is 19.6 Å². The lowest BCUT2D eigenvalue weighted by atomic mass is 9.77. The average Bonchev–Trinajstić information content (AvgIpc) is 3.11. The highest BCUT2D eigenvalue weighted by Gasteiger charge is 2.52. The summed E-state index contributed by atoms with van der Waals surface area (Å²) < 4.78 is 10.9. The summed E-state index contributed by atoms with van der Waals surface area (Å²) in [6.07, 6.45) is -1.56. The summed E-state index contributed by atoms with van der Waals surface area (Å²) in [6.45, 7) is 3.54. The summed E-state index contributed by atoms with van der Waals surface area (Å²) in [7, 11) is 1.31. The molecule has 214 valence electrons. The smallest absolute Gasteiger partial charge is 0.347 e. The predicted molar refractivity (Wildman–Crippen MR) is 154 cm³/mol. The summed E-state index contributed by atoms with van der Waals surface area (Å²) in [5, 5.41) is 14.0. The van der Waals surface area contributed by atoms with Crippen LogP contribution in [0.2, 0.25) is 0 Å². The van der Waals surface area contributed by atoms with Crippen molar-refractivity contribution in [2.24, 2.45) is 0 Å². The van der Waals surface area contributed by atoms with Crippen LogP contribution in [0.3, 0.4) is 0 Å². The Hall–Kier alpha value is -5.09. The van der Waals surface area contributed by atoms with Crippen LogP contribution in [0.25, 0.3) is 0 Å². The third kappa shape index (κ3) is 5.44. The van der Waals surface area contributed by atoms with Crippen molar-refractivity contribution in [3.05, 3.63) is 119 Å². The number of carboxylic acids is 1. The fraction of sp³-hybridized carbons (Fsp3) is 0.219. The van der Waals surface area contributed by atoms with E-state index < -0.39 is 23.6 Å². The van der Waals surface area contributed by atoms with Crippen LogP contribution in [0.1, 0.15) is 38.4 Å².